The van der Waals surface area contributed by atoms with Gasteiger partial charge in [0.25, 0.3) is 23.6 Å². The number of Topliss-reactive ketones (excluding diaryl/α,β-unsaturated/α-hetero) is 2. The molecule has 0 bridgehead atoms. The van der Waals surface area contributed by atoms with Crippen LogP contribution in [0.25, 0.3) is 0 Å². The molecule has 58 heavy (non-hydrogen) atoms. The van der Waals surface area contributed by atoms with E-state index < -0.39 is 41.3 Å². The molecule has 0 unspecified atom stereocenters. The number of ketones is 2. The van der Waals surface area contributed by atoms with Gasteiger partial charge >= 0.3 is 5.97 Å². The number of carbonyl (C=O) groups is 7. The van der Waals surface area contributed by atoms with Crippen molar-refractivity contribution >= 4 is 41.2 Å². The summed E-state index contributed by atoms with van der Waals surface area (Å²) in [6.45, 7) is 5.39. The Labute approximate surface area is 334 Å². The van der Waals surface area contributed by atoms with Crippen LogP contribution in [0.2, 0.25) is 0 Å². The molecule has 15 nitrogen and oxygen atoms in total. The van der Waals surface area contributed by atoms with Gasteiger partial charge in [-0.1, -0.05) is 24.3 Å². The molecule has 6 rings (SSSR count). The maximum atomic E-state index is 12.2. The van der Waals surface area contributed by atoms with E-state index >= 15 is 0 Å². The summed E-state index contributed by atoms with van der Waals surface area (Å²) in [6.07, 6.45) is 0. The summed E-state index contributed by atoms with van der Waals surface area (Å²) < 4.78 is 15.6. The van der Waals surface area contributed by atoms with Crippen LogP contribution in [0.1, 0.15) is 89.8 Å². The average molecular weight is 797 g/mol. The van der Waals surface area contributed by atoms with Crippen molar-refractivity contribution in [2.75, 3.05) is 40.0 Å². The Bertz CT molecular complexity index is 2100. The molecular weight excluding hydrogens is 752 g/mol. The van der Waals surface area contributed by atoms with Gasteiger partial charge in [-0.05, 0) is 100 Å². The van der Waals surface area contributed by atoms with Gasteiger partial charge in [-0.25, -0.2) is 0 Å². The van der Waals surface area contributed by atoms with Crippen LogP contribution in [0, 0.1) is 0 Å². The van der Waals surface area contributed by atoms with E-state index in [9.17, 15) is 43.8 Å². The van der Waals surface area contributed by atoms with Gasteiger partial charge in [0.05, 0.1) is 28.9 Å². The fourth-order valence-electron chi connectivity index (χ4n) is 5.46. The zero-order valence-corrected chi connectivity index (χ0v) is 32.6. The predicted molar refractivity (Wildman–Crippen MR) is 208 cm³/mol. The number of carbonyl (C=O) groups excluding carboxylic acids is 7. The summed E-state index contributed by atoms with van der Waals surface area (Å²) in [5.74, 6) is -1.89. The van der Waals surface area contributed by atoms with Crippen molar-refractivity contribution in [2.45, 2.75) is 38.9 Å². The number of fused-ring (bicyclic) bond motifs is 2. The number of amides is 4. The van der Waals surface area contributed by atoms with Crippen LogP contribution in [0.4, 0.5) is 0 Å². The van der Waals surface area contributed by atoms with E-state index in [0.717, 1.165) is 9.80 Å². The molecule has 0 fully saturated rings. The number of rotatable bonds is 13. The minimum absolute atomic E-state index is 0.0483. The molecule has 2 aliphatic heterocycles. The minimum Gasteiger partial charge on any atom is -0.491 e. The van der Waals surface area contributed by atoms with E-state index in [2.05, 4.69) is 0 Å². The largest absolute Gasteiger partial charge is 0.491 e. The van der Waals surface area contributed by atoms with Crippen molar-refractivity contribution < 1.29 is 63.1 Å². The van der Waals surface area contributed by atoms with E-state index in [0.29, 0.717) is 33.8 Å². The third-order valence-electron chi connectivity index (χ3n) is 8.48. The maximum absolute atomic E-state index is 12.2. The number of hydrogen-bond donors (Lipinski definition) is 3. The molecule has 4 amide bonds. The number of aliphatic hydroxyl groups is 3. The molecule has 4 aromatic carbocycles. The number of imide groups is 2. The third kappa shape index (κ3) is 11.1. The van der Waals surface area contributed by atoms with Gasteiger partial charge in [0.1, 0.15) is 49.1 Å². The lowest BCUT2D eigenvalue weighted by molar-refractivity contribution is -0.144. The Morgan fingerprint density at radius 2 is 0.914 bits per heavy atom. The first-order valence-corrected chi connectivity index (χ1v) is 18.0. The molecule has 15 heteroatoms. The second-order valence-electron chi connectivity index (χ2n) is 13.9. The molecule has 0 aromatic heterocycles. The SMILES string of the molecule is CC(C)(O)C(=O)c1ccc(OCCO)cc1.CC(C)(O)C(=O)c1ccc(OCCOC(=O)CN2C(=O)c3ccccc3C2=O)cc1.CN1C(=O)c2ccccc2C1=O. The summed E-state index contributed by atoms with van der Waals surface area (Å²) in [6, 6.07) is 25.9. The van der Waals surface area contributed by atoms with Crippen molar-refractivity contribution in [3.05, 3.63) is 130 Å². The quantitative estimate of drug-likeness (QED) is 0.0762. The Morgan fingerprint density at radius 3 is 1.28 bits per heavy atom. The number of aliphatic hydroxyl groups excluding tert-OH is 1. The van der Waals surface area contributed by atoms with E-state index in [1.807, 2.05) is 0 Å². The zero-order chi connectivity index (χ0) is 42.8. The minimum atomic E-state index is -1.46. The zero-order valence-electron chi connectivity index (χ0n) is 32.6. The normalized spacial score (nSPS) is 13.1. The van der Waals surface area contributed by atoms with Gasteiger partial charge in [-0.3, -0.25) is 43.4 Å². The monoisotopic (exact) mass is 796 g/mol. The highest BCUT2D eigenvalue weighted by atomic mass is 16.6. The van der Waals surface area contributed by atoms with Gasteiger partial charge in [-0.2, -0.15) is 0 Å². The topological polar surface area (TPSA) is 214 Å². The lowest BCUT2D eigenvalue weighted by Gasteiger charge is -2.15. The summed E-state index contributed by atoms with van der Waals surface area (Å²) in [5.41, 5.74) is -0.500. The van der Waals surface area contributed by atoms with E-state index in [1.54, 1.807) is 72.8 Å². The van der Waals surface area contributed by atoms with E-state index in [-0.39, 0.29) is 55.2 Å². The fraction of sp³-hybridized carbons (Fsp3) is 0.279. The molecule has 0 radical (unpaired) electrons. The second kappa shape index (κ2) is 19.1. The summed E-state index contributed by atoms with van der Waals surface area (Å²) in [4.78, 5) is 84.7. The molecule has 0 saturated carbocycles. The number of ether oxygens (including phenoxy) is 3. The number of benzene rings is 4. The average Bonchev–Trinajstić information content (AvgIpc) is 3.57. The molecule has 2 heterocycles. The highest BCUT2D eigenvalue weighted by Crippen LogP contribution is 2.23. The Kier molecular flexibility index (Phi) is 14.5. The lowest BCUT2D eigenvalue weighted by Crippen LogP contribution is -2.36. The van der Waals surface area contributed by atoms with Crippen LogP contribution >= 0.6 is 0 Å². The first kappa shape index (κ1) is 44.2. The van der Waals surface area contributed by atoms with Gasteiger partial charge in [-0.15, -0.1) is 0 Å². The Morgan fingerprint density at radius 1 is 0.552 bits per heavy atom. The van der Waals surface area contributed by atoms with Crippen LogP contribution < -0.4 is 9.47 Å². The van der Waals surface area contributed by atoms with Crippen LogP contribution in [0.3, 0.4) is 0 Å². The van der Waals surface area contributed by atoms with Crippen LogP contribution in [0.5, 0.6) is 11.5 Å². The number of hydrogen-bond acceptors (Lipinski definition) is 13. The van der Waals surface area contributed by atoms with E-state index in [4.69, 9.17) is 19.3 Å². The van der Waals surface area contributed by atoms with Gasteiger partial charge in [0.2, 0.25) is 0 Å². The molecule has 304 valence electrons. The summed E-state index contributed by atoms with van der Waals surface area (Å²) in [5, 5.41) is 27.8. The van der Waals surface area contributed by atoms with Gasteiger partial charge in [0, 0.05) is 18.2 Å². The Balaban J connectivity index is 0.000000220. The first-order chi connectivity index (χ1) is 27.3. The molecule has 2 aliphatic rings. The number of esters is 1. The molecule has 4 aromatic rings. The van der Waals surface area contributed by atoms with E-state index in [1.165, 1.54) is 59.0 Å². The van der Waals surface area contributed by atoms with Crippen molar-refractivity contribution in [1.82, 2.24) is 9.80 Å². The molecular formula is C43H44N2O13. The van der Waals surface area contributed by atoms with Crippen molar-refractivity contribution in [2.24, 2.45) is 0 Å². The van der Waals surface area contributed by atoms with Crippen molar-refractivity contribution in [3.8, 4) is 11.5 Å². The highest BCUT2D eigenvalue weighted by molar-refractivity contribution is 6.22. The second-order valence-corrected chi connectivity index (χ2v) is 13.9. The van der Waals surface area contributed by atoms with Crippen LogP contribution in [0.15, 0.2) is 97.1 Å². The molecule has 3 N–H and O–H groups in total. The Hall–Kier alpha value is -6.55. The standard InChI is InChI=1S/C22H21NO7.C12H16O4.C9H7NO2/c1-22(2,28)19(25)14-7-9-15(10-8-14)29-11-12-30-18(24)13-23-20(26)16-5-3-4-6-17(16)21(23)27;1-12(2,15)11(14)9-3-5-10(6-4-9)16-8-7-13;1-10-8(11)6-4-2-3-5-7(6)9(10)12/h3-10,28H,11-13H2,1-2H3;3-6,13,15H,7-8H2,1-2H3;2-5H,1H3. The molecule has 0 saturated heterocycles. The summed E-state index contributed by atoms with van der Waals surface area (Å²) in [7, 11) is 1.49. The van der Waals surface area contributed by atoms with Gasteiger partial charge < -0.3 is 29.5 Å². The predicted octanol–water partition coefficient (Wildman–Crippen LogP) is 3.78. The first-order valence-electron chi connectivity index (χ1n) is 18.0. The van der Waals surface area contributed by atoms with Crippen LogP contribution in [-0.2, 0) is 9.53 Å². The van der Waals surface area contributed by atoms with Crippen molar-refractivity contribution in [3.63, 3.8) is 0 Å². The van der Waals surface area contributed by atoms with Gasteiger partial charge in [0.15, 0.2) is 11.6 Å². The van der Waals surface area contributed by atoms with Crippen molar-refractivity contribution in [1.29, 1.82) is 0 Å². The highest BCUT2D eigenvalue weighted by Gasteiger charge is 2.36. The molecule has 0 spiro atoms. The molecule has 0 atom stereocenters. The fourth-order valence-corrected chi connectivity index (χ4v) is 5.46. The smallest absolute Gasteiger partial charge is 0.326 e. The lowest BCUT2D eigenvalue weighted by atomic mass is 9.97. The molecule has 0 aliphatic carbocycles. The summed E-state index contributed by atoms with van der Waals surface area (Å²) >= 11 is 0. The maximum Gasteiger partial charge on any atom is 0.326 e. The van der Waals surface area contributed by atoms with Crippen LogP contribution in [-0.4, -0.2) is 118 Å². The third-order valence-corrected chi connectivity index (χ3v) is 8.48. The number of nitrogens with zero attached hydrogens (tertiary/aromatic N) is 2.